The highest BCUT2D eigenvalue weighted by atomic mass is 32.2. The molecule has 0 aromatic heterocycles. The number of thioether (sulfide) groups is 1. The molecule has 6 heteroatoms. The van der Waals surface area contributed by atoms with Gasteiger partial charge in [0.1, 0.15) is 0 Å². The van der Waals surface area contributed by atoms with Crippen molar-refractivity contribution in [2.45, 2.75) is 45.0 Å². The van der Waals surface area contributed by atoms with Crippen molar-refractivity contribution in [3.63, 3.8) is 0 Å². The molecule has 0 saturated carbocycles. The van der Waals surface area contributed by atoms with Crippen LogP contribution in [0.3, 0.4) is 0 Å². The summed E-state index contributed by atoms with van der Waals surface area (Å²) in [6.45, 7) is 5.82. The van der Waals surface area contributed by atoms with E-state index in [2.05, 4.69) is 67.4 Å². The lowest BCUT2D eigenvalue weighted by molar-refractivity contribution is -0.110. The number of hydrazone groups is 2. The van der Waals surface area contributed by atoms with E-state index in [-0.39, 0.29) is 5.78 Å². The Morgan fingerprint density at radius 3 is 2.32 bits per heavy atom. The molecule has 3 aromatic carbocycles. The van der Waals surface area contributed by atoms with Crippen molar-refractivity contribution >= 4 is 39.7 Å². The van der Waals surface area contributed by atoms with Crippen molar-refractivity contribution in [2.24, 2.45) is 10.2 Å². The number of ketones is 1. The van der Waals surface area contributed by atoms with Gasteiger partial charge in [-0.3, -0.25) is 4.79 Å². The topological polar surface area (TPSA) is 48.3 Å². The van der Waals surface area contributed by atoms with Crippen LogP contribution in [0.15, 0.2) is 89.1 Å². The average Bonchev–Trinajstić information content (AvgIpc) is 3.25. The van der Waals surface area contributed by atoms with Gasteiger partial charge in [-0.25, -0.2) is 10.0 Å². The Hall–Kier alpha value is -3.38. The summed E-state index contributed by atoms with van der Waals surface area (Å²) in [4.78, 5) is 11.8. The molecule has 1 atom stereocenters. The SMILES string of the molecule is CCc1ccc(C2=NN(c3ccccc3)[C@]3(CC2)SC(C(C)=O)=NN3c2cccc(C)c2)cc1. The molecule has 3 aromatic rings. The maximum atomic E-state index is 12.5. The third-order valence-electron chi connectivity index (χ3n) is 6.26. The molecule has 5 nitrogen and oxygen atoms in total. The van der Waals surface area contributed by atoms with E-state index in [0.717, 1.165) is 47.5 Å². The Balaban J connectivity index is 1.65. The summed E-state index contributed by atoms with van der Waals surface area (Å²) in [7, 11) is 0. The minimum atomic E-state index is -0.664. The second kappa shape index (κ2) is 9.11. The lowest BCUT2D eigenvalue weighted by atomic mass is 10.00. The van der Waals surface area contributed by atoms with E-state index in [9.17, 15) is 4.79 Å². The standard InChI is InChI=1S/C28H28N4OS/c1-4-22-13-15-23(16-14-22)26-17-18-28(31(29-26)24-10-6-5-7-11-24)32(30-27(34-28)21(3)33)25-12-8-9-20(2)19-25/h5-16,19H,4,17-18H2,1-3H3/t28-/m0/s1. The van der Waals surface area contributed by atoms with Crippen molar-refractivity contribution in [2.75, 3.05) is 10.0 Å². The number of nitrogens with zero attached hydrogens (tertiary/aromatic N) is 4. The first-order valence-corrected chi connectivity index (χ1v) is 12.5. The summed E-state index contributed by atoms with van der Waals surface area (Å²) in [5.74, 6) is -0.0301. The van der Waals surface area contributed by atoms with Crippen LogP contribution in [0.1, 0.15) is 43.4 Å². The van der Waals surface area contributed by atoms with Crippen molar-refractivity contribution < 1.29 is 4.79 Å². The molecule has 172 valence electrons. The number of para-hydroxylation sites is 1. The van der Waals surface area contributed by atoms with E-state index in [4.69, 9.17) is 10.2 Å². The Morgan fingerprint density at radius 1 is 0.941 bits per heavy atom. The average molecular weight is 469 g/mol. The Labute approximate surface area is 205 Å². The van der Waals surface area contributed by atoms with E-state index >= 15 is 0 Å². The van der Waals surface area contributed by atoms with Crippen LogP contribution in [0.5, 0.6) is 0 Å². The molecule has 2 aliphatic heterocycles. The number of rotatable bonds is 5. The molecule has 5 rings (SSSR count). The molecule has 0 fully saturated rings. The first-order valence-electron chi connectivity index (χ1n) is 11.7. The molecular weight excluding hydrogens is 440 g/mol. The van der Waals surface area contributed by atoms with Gasteiger partial charge in [-0.1, -0.05) is 61.5 Å². The summed E-state index contributed by atoms with van der Waals surface area (Å²) < 4.78 is 0. The van der Waals surface area contributed by atoms with Crippen LogP contribution in [0.4, 0.5) is 11.4 Å². The molecule has 0 aliphatic carbocycles. The fourth-order valence-electron chi connectivity index (χ4n) is 4.44. The van der Waals surface area contributed by atoms with Crippen molar-refractivity contribution in [3.8, 4) is 0 Å². The molecule has 0 amide bonds. The van der Waals surface area contributed by atoms with Crippen LogP contribution in [0.2, 0.25) is 0 Å². The molecule has 0 N–H and O–H groups in total. The van der Waals surface area contributed by atoms with Gasteiger partial charge in [0.15, 0.2) is 10.8 Å². The highest BCUT2D eigenvalue weighted by Crippen LogP contribution is 2.50. The zero-order valence-corrected chi connectivity index (χ0v) is 20.5. The number of carbonyl (C=O) groups excluding carboxylic acids is 1. The van der Waals surface area contributed by atoms with Crippen molar-refractivity contribution in [3.05, 3.63) is 95.6 Å². The van der Waals surface area contributed by atoms with Crippen LogP contribution < -0.4 is 10.0 Å². The summed E-state index contributed by atoms with van der Waals surface area (Å²) in [5.41, 5.74) is 6.55. The predicted molar refractivity (Wildman–Crippen MR) is 143 cm³/mol. The molecule has 1 spiro atoms. The third-order valence-corrected chi connectivity index (χ3v) is 7.70. The summed E-state index contributed by atoms with van der Waals surface area (Å²) in [6, 6.07) is 27.1. The number of hydrogen-bond acceptors (Lipinski definition) is 6. The van der Waals surface area contributed by atoms with Crippen LogP contribution >= 0.6 is 11.8 Å². The minimum absolute atomic E-state index is 0.0301. The van der Waals surface area contributed by atoms with Crippen LogP contribution in [0.25, 0.3) is 0 Å². The Bertz CT molecular complexity index is 1270. The fraction of sp³-hybridized carbons (Fsp3) is 0.250. The van der Waals surface area contributed by atoms with Gasteiger partial charge >= 0.3 is 0 Å². The van der Waals surface area contributed by atoms with Gasteiger partial charge in [-0.15, -0.1) is 0 Å². The maximum Gasteiger partial charge on any atom is 0.208 e. The second-order valence-corrected chi connectivity index (χ2v) is 9.95. The van der Waals surface area contributed by atoms with Gasteiger partial charge < -0.3 is 0 Å². The normalized spacial score (nSPS) is 19.9. The largest absolute Gasteiger partial charge is 0.292 e. The van der Waals surface area contributed by atoms with E-state index in [1.54, 1.807) is 6.92 Å². The summed E-state index contributed by atoms with van der Waals surface area (Å²) in [6.07, 6.45) is 2.55. The smallest absolute Gasteiger partial charge is 0.208 e. The first-order chi connectivity index (χ1) is 16.5. The van der Waals surface area contributed by atoms with E-state index < -0.39 is 4.99 Å². The fourth-order valence-corrected chi connectivity index (χ4v) is 5.68. The van der Waals surface area contributed by atoms with Crippen molar-refractivity contribution in [1.29, 1.82) is 0 Å². The number of Topliss-reactive ketones (excluding diaryl/α,β-unsaturated/α-hetero) is 1. The molecule has 0 radical (unpaired) electrons. The Kier molecular flexibility index (Phi) is 6.00. The summed E-state index contributed by atoms with van der Waals surface area (Å²) in [5, 5.41) is 14.6. The van der Waals surface area contributed by atoms with E-state index in [1.807, 2.05) is 35.3 Å². The highest BCUT2D eigenvalue weighted by Gasteiger charge is 2.52. The van der Waals surface area contributed by atoms with Crippen LogP contribution in [-0.2, 0) is 11.2 Å². The second-order valence-electron chi connectivity index (χ2n) is 8.70. The number of aryl methyl sites for hydroxylation is 2. The van der Waals surface area contributed by atoms with Gasteiger partial charge in [-0.05, 0) is 72.5 Å². The lowest BCUT2D eigenvalue weighted by Crippen LogP contribution is -2.56. The highest BCUT2D eigenvalue weighted by molar-refractivity contribution is 8.17. The first kappa shape index (κ1) is 22.4. The van der Waals surface area contributed by atoms with E-state index in [0.29, 0.717) is 5.04 Å². The number of benzene rings is 3. The van der Waals surface area contributed by atoms with Crippen molar-refractivity contribution in [1.82, 2.24) is 0 Å². The molecule has 0 unspecified atom stereocenters. The van der Waals surface area contributed by atoms with Crippen LogP contribution in [0, 0.1) is 6.92 Å². The predicted octanol–water partition coefficient (Wildman–Crippen LogP) is 6.37. The molecule has 2 heterocycles. The van der Waals surface area contributed by atoms with Gasteiger partial charge in [0.2, 0.25) is 4.99 Å². The summed E-state index contributed by atoms with van der Waals surface area (Å²) >= 11 is 1.50. The quantitative estimate of drug-likeness (QED) is 0.436. The number of carbonyl (C=O) groups is 1. The zero-order chi connectivity index (χ0) is 23.7. The van der Waals surface area contributed by atoms with Gasteiger partial charge in [-0.2, -0.15) is 10.2 Å². The molecule has 2 aliphatic rings. The van der Waals surface area contributed by atoms with Gasteiger partial charge in [0.05, 0.1) is 17.1 Å². The third kappa shape index (κ3) is 4.03. The monoisotopic (exact) mass is 468 g/mol. The number of anilines is 2. The van der Waals surface area contributed by atoms with Gasteiger partial charge in [0.25, 0.3) is 0 Å². The van der Waals surface area contributed by atoms with E-state index in [1.165, 1.54) is 17.3 Å². The zero-order valence-electron chi connectivity index (χ0n) is 19.7. The maximum absolute atomic E-state index is 12.5. The molecule has 0 bridgehead atoms. The Morgan fingerprint density at radius 2 is 1.65 bits per heavy atom. The number of hydrogen-bond donors (Lipinski definition) is 0. The molecular formula is C28H28N4OS. The molecule has 34 heavy (non-hydrogen) atoms. The lowest BCUT2D eigenvalue weighted by Gasteiger charge is -2.46. The minimum Gasteiger partial charge on any atom is -0.292 e. The van der Waals surface area contributed by atoms with Gasteiger partial charge in [0, 0.05) is 13.3 Å². The van der Waals surface area contributed by atoms with Crippen LogP contribution in [-0.4, -0.2) is 21.5 Å². The molecule has 0 saturated heterocycles.